The van der Waals surface area contributed by atoms with Gasteiger partial charge in [-0.05, 0) is 73.9 Å². The minimum atomic E-state index is 0.0508. The van der Waals surface area contributed by atoms with Gasteiger partial charge in [0.1, 0.15) is 0 Å². The number of rotatable bonds is 7. The molecule has 1 aromatic heterocycles. The molecule has 1 saturated heterocycles. The van der Waals surface area contributed by atoms with E-state index in [1.807, 2.05) is 48.7 Å². The number of nitrogens with zero attached hydrogens (tertiary/aromatic N) is 3. The second-order valence-corrected chi connectivity index (χ2v) is 11.0. The number of pyridine rings is 1. The highest BCUT2D eigenvalue weighted by atomic mass is 16.5. The van der Waals surface area contributed by atoms with Crippen molar-refractivity contribution in [2.45, 2.75) is 44.6 Å². The number of nitrogens with one attached hydrogen (secondary N) is 1. The Hall–Kier alpha value is -3.38. The lowest BCUT2D eigenvalue weighted by atomic mass is 9.84. The van der Waals surface area contributed by atoms with Crippen LogP contribution in [0, 0.1) is 5.92 Å². The Bertz CT molecular complexity index is 1210. The number of benzene rings is 2. The van der Waals surface area contributed by atoms with Crippen LogP contribution in [-0.2, 0) is 6.42 Å². The zero-order valence-electron chi connectivity index (χ0n) is 22.1. The minimum absolute atomic E-state index is 0.0508. The fourth-order valence-electron chi connectivity index (χ4n) is 6.18. The lowest BCUT2D eigenvalue weighted by Crippen LogP contribution is -2.47. The normalized spacial score (nSPS) is 21.5. The van der Waals surface area contributed by atoms with E-state index < -0.39 is 0 Å². The standard InChI is InChI=1S/C32H38N4O2/c37-32(28-10-8-26(9-11-28)25-4-2-1-3-5-25)34-29-12-6-24(7-13-29)15-18-35-19-21-36(22-20-35)31-30-27(14-17-33-31)16-23-38-30/h1-5,8-11,14,17,24,29H,6-7,12-13,15-16,18-23H2,(H,34,37)/t24-,29-. The number of piperazine rings is 1. The topological polar surface area (TPSA) is 57.7 Å². The predicted molar refractivity (Wildman–Crippen MR) is 152 cm³/mol. The highest BCUT2D eigenvalue weighted by Crippen LogP contribution is 2.34. The molecule has 3 aliphatic rings. The van der Waals surface area contributed by atoms with Crippen LogP contribution in [0.15, 0.2) is 66.9 Å². The van der Waals surface area contributed by atoms with Crippen LogP contribution >= 0.6 is 0 Å². The molecule has 1 N–H and O–H groups in total. The largest absolute Gasteiger partial charge is 0.489 e. The van der Waals surface area contributed by atoms with Gasteiger partial charge < -0.3 is 15.0 Å². The molecule has 2 fully saturated rings. The molecule has 0 atom stereocenters. The molecule has 2 aliphatic heterocycles. The summed E-state index contributed by atoms with van der Waals surface area (Å²) in [5.41, 5.74) is 4.35. The predicted octanol–water partition coefficient (Wildman–Crippen LogP) is 5.18. The van der Waals surface area contributed by atoms with Crippen molar-refractivity contribution in [1.29, 1.82) is 0 Å². The molecular weight excluding hydrogens is 472 g/mol. The Morgan fingerprint density at radius 3 is 2.39 bits per heavy atom. The zero-order chi connectivity index (χ0) is 25.7. The van der Waals surface area contributed by atoms with E-state index >= 15 is 0 Å². The van der Waals surface area contributed by atoms with Crippen LogP contribution < -0.4 is 15.0 Å². The Kier molecular flexibility index (Phi) is 7.59. The average molecular weight is 511 g/mol. The van der Waals surface area contributed by atoms with E-state index in [1.54, 1.807) is 0 Å². The second kappa shape index (κ2) is 11.6. The highest BCUT2D eigenvalue weighted by Gasteiger charge is 2.26. The third-order valence-corrected chi connectivity index (χ3v) is 8.55. The van der Waals surface area contributed by atoms with E-state index in [9.17, 15) is 4.79 Å². The Morgan fingerprint density at radius 1 is 0.895 bits per heavy atom. The summed E-state index contributed by atoms with van der Waals surface area (Å²) < 4.78 is 5.87. The van der Waals surface area contributed by atoms with Gasteiger partial charge in [-0.15, -0.1) is 0 Å². The summed E-state index contributed by atoms with van der Waals surface area (Å²) >= 11 is 0. The number of anilines is 1. The van der Waals surface area contributed by atoms with Crippen LogP contribution in [0.1, 0.15) is 48.0 Å². The summed E-state index contributed by atoms with van der Waals surface area (Å²) in [6, 6.07) is 20.6. The lowest BCUT2D eigenvalue weighted by molar-refractivity contribution is 0.0919. The number of hydrogen-bond donors (Lipinski definition) is 1. The number of carbonyl (C=O) groups excluding carboxylic acids is 1. The van der Waals surface area contributed by atoms with Crippen molar-refractivity contribution in [3.8, 4) is 16.9 Å². The summed E-state index contributed by atoms with van der Waals surface area (Å²) in [5, 5.41) is 3.29. The van der Waals surface area contributed by atoms with Crippen LogP contribution in [0.2, 0.25) is 0 Å². The number of carbonyl (C=O) groups is 1. The lowest BCUT2D eigenvalue weighted by Gasteiger charge is -2.37. The van der Waals surface area contributed by atoms with Gasteiger partial charge in [-0.1, -0.05) is 42.5 Å². The average Bonchev–Trinajstić information content (AvgIpc) is 3.47. The molecule has 1 amide bonds. The van der Waals surface area contributed by atoms with Crippen molar-refractivity contribution in [2.24, 2.45) is 5.92 Å². The van der Waals surface area contributed by atoms with Crippen molar-refractivity contribution in [1.82, 2.24) is 15.2 Å². The van der Waals surface area contributed by atoms with Crippen molar-refractivity contribution in [2.75, 3.05) is 44.2 Å². The van der Waals surface area contributed by atoms with Crippen LogP contribution in [-0.4, -0.2) is 61.2 Å². The fraction of sp³-hybridized carbons (Fsp3) is 0.438. The first kappa shape index (κ1) is 24.9. The third kappa shape index (κ3) is 5.70. The number of amides is 1. The smallest absolute Gasteiger partial charge is 0.251 e. The summed E-state index contributed by atoms with van der Waals surface area (Å²) in [6.07, 6.45) is 8.75. The molecule has 2 aromatic carbocycles. The van der Waals surface area contributed by atoms with E-state index in [0.717, 1.165) is 80.7 Å². The van der Waals surface area contributed by atoms with Crippen LogP contribution in [0.25, 0.3) is 11.1 Å². The molecule has 0 bridgehead atoms. The SMILES string of the molecule is O=C(N[C@H]1CC[C@H](CCN2CCN(c3nccc4c3OCC4)CC2)CC1)c1ccc(-c2ccccc2)cc1. The first-order valence-electron chi connectivity index (χ1n) is 14.3. The van der Waals surface area contributed by atoms with Gasteiger partial charge >= 0.3 is 0 Å². The number of ether oxygens (including phenoxy) is 1. The maximum atomic E-state index is 12.8. The van der Waals surface area contributed by atoms with Gasteiger partial charge in [0.25, 0.3) is 5.91 Å². The van der Waals surface area contributed by atoms with E-state index in [4.69, 9.17) is 4.74 Å². The van der Waals surface area contributed by atoms with Crippen LogP contribution in [0.3, 0.4) is 0 Å². The Morgan fingerprint density at radius 2 is 1.63 bits per heavy atom. The van der Waals surface area contributed by atoms with Gasteiger partial charge in [-0.25, -0.2) is 4.98 Å². The second-order valence-electron chi connectivity index (χ2n) is 11.0. The molecule has 1 aliphatic carbocycles. The van der Waals surface area contributed by atoms with Crippen LogP contribution in [0.4, 0.5) is 5.82 Å². The van der Waals surface area contributed by atoms with E-state index in [0.29, 0.717) is 6.04 Å². The highest BCUT2D eigenvalue weighted by molar-refractivity contribution is 5.94. The first-order valence-corrected chi connectivity index (χ1v) is 14.3. The molecule has 6 nitrogen and oxygen atoms in total. The molecule has 6 rings (SSSR count). The van der Waals surface area contributed by atoms with Gasteiger partial charge in [0, 0.05) is 56.0 Å². The number of hydrogen-bond acceptors (Lipinski definition) is 5. The summed E-state index contributed by atoms with van der Waals surface area (Å²) in [7, 11) is 0. The molecule has 198 valence electrons. The summed E-state index contributed by atoms with van der Waals surface area (Å²) in [5.74, 6) is 2.86. The summed E-state index contributed by atoms with van der Waals surface area (Å²) in [4.78, 5) is 22.5. The maximum Gasteiger partial charge on any atom is 0.251 e. The minimum Gasteiger partial charge on any atom is -0.489 e. The van der Waals surface area contributed by atoms with E-state index in [1.165, 1.54) is 36.9 Å². The van der Waals surface area contributed by atoms with Crippen LogP contribution in [0.5, 0.6) is 5.75 Å². The third-order valence-electron chi connectivity index (χ3n) is 8.55. The van der Waals surface area contributed by atoms with Gasteiger partial charge in [-0.3, -0.25) is 9.69 Å². The Balaban J connectivity index is 0.911. The molecule has 0 spiro atoms. The van der Waals surface area contributed by atoms with Gasteiger partial charge in [0.15, 0.2) is 11.6 Å². The van der Waals surface area contributed by atoms with Gasteiger partial charge in [0.2, 0.25) is 0 Å². The van der Waals surface area contributed by atoms with E-state index in [2.05, 4.69) is 38.3 Å². The summed E-state index contributed by atoms with van der Waals surface area (Å²) in [6.45, 7) is 6.14. The molecule has 3 aromatic rings. The van der Waals surface area contributed by atoms with Crippen molar-refractivity contribution in [3.05, 3.63) is 78.0 Å². The molecule has 38 heavy (non-hydrogen) atoms. The number of aromatic nitrogens is 1. The molecular formula is C32H38N4O2. The number of fused-ring (bicyclic) bond motifs is 1. The fourth-order valence-corrected chi connectivity index (χ4v) is 6.18. The zero-order valence-corrected chi connectivity index (χ0v) is 22.1. The van der Waals surface area contributed by atoms with Gasteiger partial charge in [0.05, 0.1) is 6.61 Å². The van der Waals surface area contributed by atoms with Gasteiger partial charge in [-0.2, -0.15) is 0 Å². The first-order chi connectivity index (χ1) is 18.7. The molecule has 0 radical (unpaired) electrons. The molecule has 6 heteroatoms. The van der Waals surface area contributed by atoms with E-state index in [-0.39, 0.29) is 5.91 Å². The van der Waals surface area contributed by atoms with Crippen molar-refractivity contribution in [3.63, 3.8) is 0 Å². The quantitative estimate of drug-likeness (QED) is 0.474. The monoisotopic (exact) mass is 510 g/mol. The van der Waals surface area contributed by atoms with Crippen molar-refractivity contribution < 1.29 is 9.53 Å². The molecule has 0 unspecified atom stereocenters. The molecule has 3 heterocycles. The Labute approximate surface area is 226 Å². The van der Waals surface area contributed by atoms with Crippen molar-refractivity contribution >= 4 is 11.7 Å². The molecule has 1 saturated carbocycles. The maximum absolute atomic E-state index is 12.8.